The van der Waals surface area contributed by atoms with E-state index < -0.39 is 17.5 Å². The van der Waals surface area contributed by atoms with Crippen LogP contribution in [0.5, 0.6) is 5.75 Å². The molecule has 0 spiro atoms. The second-order valence-corrected chi connectivity index (χ2v) is 9.46. The standard InChI is InChI=1S/C29H23ClN8O3/c1-41-27-16-37(28(39)14-22(27)21-13-20(30)8-10-25(21)38-17-33-35-36-38)26(12-18-5-3-2-4-6-18)29(40)34-24-9-7-19(15-31)11-23(24)32/h2-11,13-14,16-17,26H,12,32H2,1H3,(H,34,40). The Hall–Kier alpha value is -5.47. The van der Waals surface area contributed by atoms with Crippen molar-refractivity contribution in [3.05, 3.63) is 112 Å². The van der Waals surface area contributed by atoms with Gasteiger partial charge in [-0.05, 0) is 52.4 Å². The van der Waals surface area contributed by atoms with E-state index in [9.17, 15) is 9.59 Å². The van der Waals surface area contributed by atoms with E-state index >= 15 is 0 Å². The van der Waals surface area contributed by atoms with Gasteiger partial charge in [-0.1, -0.05) is 41.9 Å². The monoisotopic (exact) mass is 566 g/mol. The van der Waals surface area contributed by atoms with Gasteiger partial charge in [0.15, 0.2) is 0 Å². The third-order valence-electron chi connectivity index (χ3n) is 6.46. The number of rotatable bonds is 8. The number of pyridine rings is 1. The van der Waals surface area contributed by atoms with Crippen molar-refractivity contribution in [2.75, 3.05) is 18.2 Å². The number of nitrogens with zero attached hydrogens (tertiary/aromatic N) is 6. The SMILES string of the molecule is COc1cn(C(Cc2ccccc2)C(=O)Nc2ccc(C#N)cc2N)c(=O)cc1-c1cc(Cl)ccc1-n1cnnn1. The van der Waals surface area contributed by atoms with Gasteiger partial charge in [0.2, 0.25) is 5.91 Å². The molecule has 0 aliphatic rings. The quantitative estimate of drug-likeness (QED) is 0.267. The molecule has 0 radical (unpaired) electrons. The van der Waals surface area contributed by atoms with Gasteiger partial charge in [0.25, 0.3) is 5.56 Å². The molecule has 2 heterocycles. The number of carbonyl (C=O) groups excluding carboxylic acids is 1. The highest BCUT2D eigenvalue weighted by Gasteiger charge is 2.25. The van der Waals surface area contributed by atoms with Crippen LogP contribution in [0.25, 0.3) is 16.8 Å². The van der Waals surface area contributed by atoms with Gasteiger partial charge in [0.05, 0.1) is 42.0 Å². The predicted molar refractivity (Wildman–Crippen MR) is 154 cm³/mol. The lowest BCUT2D eigenvalue weighted by Crippen LogP contribution is -2.34. The van der Waals surface area contributed by atoms with Gasteiger partial charge >= 0.3 is 0 Å². The van der Waals surface area contributed by atoms with Crippen LogP contribution < -0.4 is 21.3 Å². The lowest BCUT2D eigenvalue weighted by molar-refractivity contribution is -0.119. The molecule has 1 unspecified atom stereocenters. The number of carbonyl (C=O) groups is 1. The molecule has 3 aromatic carbocycles. The van der Waals surface area contributed by atoms with Crippen molar-refractivity contribution in [3.8, 4) is 28.6 Å². The Morgan fingerprint density at radius 3 is 2.61 bits per heavy atom. The third kappa shape index (κ3) is 5.78. The molecule has 11 nitrogen and oxygen atoms in total. The number of anilines is 2. The number of tetrazole rings is 1. The molecule has 0 saturated heterocycles. The zero-order chi connectivity index (χ0) is 28.9. The number of ether oxygens (including phenoxy) is 1. The van der Waals surface area contributed by atoms with Crippen LogP contribution in [0.1, 0.15) is 17.2 Å². The number of methoxy groups -OCH3 is 1. The first-order valence-corrected chi connectivity index (χ1v) is 12.7. The zero-order valence-electron chi connectivity index (χ0n) is 21.7. The molecule has 0 aliphatic carbocycles. The first-order valence-electron chi connectivity index (χ1n) is 12.4. The molecular formula is C29H23ClN8O3. The molecule has 0 saturated carbocycles. The highest BCUT2D eigenvalue weighted by atomic mass is 35.5. The fourth-order valence-electron chi connectivity index (χ4n) is 4.46. The fraction of sp³-hybridized carbons (Fsp3) is 0.103. The van der Waals surface area contributed by atoms with Crippen LogP contribution in [0.3, 0.4) is 0 Å². The molecule has 5 rings (SSSR count). The maximum atomic E-state index is 13.7. The summed E-state index contributed by atoms with van der Waals surface area (Å²) < 4.78 is 8.48. The van der Waals surface area contributed by atoms with E-state index in [0.717, 1.165) is 5.56 Å². The van der Waals surface area contributed by atoms with E-state index in [1.54, 1.807) is 30.3 Å². The summed E-state index contributed by atoms with van der Waals surface area (Å²) in [6.07, 6.45) is 3.13. The molecule has 0 aliphatic heterocycles. The van der Waals surface area contributed by atoms with Crippen LogP contribution in [-0.4, -0.2) is 37.8 Å². The van der Waals surface area contributed by atoms with Crippen molar-refractivity contribution >= 4 is 28.9 Å². The summed E-state index contributed by atoms with van der Waals surface area (Å²) in [5, 5.41) is 23.7. The number of nitrogens with two attached hydrogens (primary N) is 1. The minimum atomic E-state index is -0.971. The number of halogens is 1. The number of nitrogens with one attached hydrogen (secondary N) is 1. The molecule has 1 amide bonds. The van der Waals surface area contributed by atoms with Crippen LogP contribution in [0.4, 0.5) is 11.4 Å². The minimum absolute atomic E-state index is 0.207. The van der Waals surface area contributed by atoms with Gasteiger partial charge in [-0.15, -0.1) is 5.10 Å². The summed E-state index contributed by atoms with van der Waals surface area (Å²) in [7, 11) is 1.47. The van der Waals surface area contributed by atoms with E-state index in [1.165, 1.54) is 41.0 Å². The normalized spacial score (nSPS) is 11.4. The highest BCUT2D eigenvalue weighted by Crippen LogP contribution is 2.35. The lowest BCUT2D eigenvalue weighted by atomic mass is 10.0. The minimum Gasteiger partial charge on any atom is -0.495 e. The second-order valence-electron chi connectivity index (χ2n) is 9.03. The van der Waals surface area contributed by atoms with E-state index in [-0.39, 0.29) is 12.1 Å². The predicted octanol–water partition coefficient (Wildman–Crippen LogP) is 4.03. The van der Waals surface area contributed by atoms with Gasteiger partial charge in [-0.3, -0.25) is 14.2 Å². The molecule has 0 bridgehead atoms. The zero-order valence-corrected chi connectivity index (χ0v) is 22.5. The molecule has 41 heavy (non-hydrogen) atoms. The number of hydrogen-bond acceptors (Lipinski definition) is 8. The van der Waals surface area contributed by atoms with Crippen molar-refractivity contribution < 1.29 is 9.53 Å². The van der Waals surface area contributed by atoms with Crippen LogP contribution in [-0.2, 0) is 11.2 Å². The van der Waals surface area contributed by atoms with Crippen LogP contribution in [0.2, 0.25) is 5.02 Å². The maximum Gasteiger partial charge on any atom is 0.252 e. The number of benzene rings is 3. The Morgan fingerprint density at radius 2 is 1.93 bits per heavy atom. The molecule has 0 fully saturated rings. The van der Waals surface area contributed by atoms with Gasteiger partial charge in [-0.2, -0.15) is 9.94 Å². The number of hydrogen-bond donors (Lipinski definition) is 2. The largest absolute Gasteiger partial charge is 0.495 e. The first-order chi connectivity index (χ1) is 19.9. The van der Waals surface area contributed by atoms with Gasteiger partial charge in [0, 0.05) is 28.6 Å². The molecule has 3 N–H and O–H groups in total. The van der Waals surface area contributed by atoms with E-state index in [0.29, 0.717) is 38.8 Å². The van der Waals surface area contributed by atoms with E-state index in [1.807, 2.05) is 36.4 Å². The average molecular weight is 567 g/mol. The molecule has 5 aromatic rings. The van der Waals surface area contributed by atoms with Crippen molar-refractivity contribution in [1.82, 2.24) is 24.8 Å². The van der Waals surface area contributed by atoms with E-state index in [2.05, 4.69) is 20.8 Å². The Morgan fingerprint density at radius 1 is 1.12 bits per heavy atom. The molecular weight excluding hydrogens is 544 g/mol. The van der Waals surface area contributed by atoms with Gasteiger partial charge in [-0.25, -0.2) is 0 Å². The smallest absolute Gasteiger partial charge is 0.252 e. The van der Waals surface area contributed by atoms with Crippen molar-refractivity contribution in [1.29, 1.82) is 5.26 Å². The molecule has 2 aromatic heterocycles. The molecule has 1 atom stereocenters. The number of nitrogen functional groups attached to an aromatic ring is 1. The Kier molecular flexibility index (Phi) is 7.76. The summed E-state index contributed by atoms with van der Waals surface area (Å²) in [6.45, 7) is 0. The highest BCUT2D eigenvalue weighted by molar-refractivity contribution is 6.31. The summed E-state index contributed by atoms with van der Waals surface area (Å²) in [5.41, 5.74) is 8.96. The van der Waals surface area contributed by atoms with Gasteiger partial charge < -0.3 is 15.8 Å². The molecule has 12 heteroatoms. The van der Waals surface area contributed by atoms with Crippen molar-refractivity contribution in [2.45, 2.75) is 12.5 Å². The number of aromatic nitrogens is 5. The third-order valence-corrected chi connectivity index (χ3v) is 6.69. The Bertz CT molecular complexity index is 1810. The first kappa shape index (κ1) is 27.1. The lowest BCUT2D eigenvalue weighted by Gasteiger charge is -2.22. The number of amides is 1. The summed E-state index contributed by atoms with van der Waals surface area (Å²) in [6, 6.07) is 21.4. The number of nitriles is 1. The topological polar surface area (TPSA) is 154 Å². The summed E-state index contributed by atoms with van der Waals surface area (Å²) in [5.74, 6) is -0.149. The maximum absolute atomic E-state index is 13.7. The second kappa shape index (κ2) is 11.7. The van der Waals surface area contributed by atoms with Crippen molar-refractivity contribution in [2.24, 2.45) is 0 Å². The van der Waals surface area contributed by atoms with Gasteiger partial charge in [0.1, 0.15) is 18.1 Å². The van der Waals surface area contributed by atoms with Crippen LogP contribution >= 0.6 is 11.6 Å². The average Bonchev–Trinajstić information content (AvgIpc) is 3.52. The van der Waals surface area contributed by atoms with E-state index in [4.69, 9.17) is 27.3 Å². The van der Waals surface area contributed by atoms with Crippen molar-refractivity contribution in [3.63, 3.8) is 0 Å². The Labute approximate surface area is 239 Å². The summed E-state index contributed by atoms with van der Waals surface area (Å²) >= 11 is 6.32. The molecule has 204 valence electrons. The fourth-order valence-corrected chi connectivity index (χ4v) is 4.63. The van der Waals surface area contributed by atoms with Crippen LogP contribution in [0.15, 0.2) is 90.1 Å². The summed E-state index contributed by atoms with van der Waals surface area (Å²) in [4.78, 5) is 27.4. The Balaban J connectivity index is 1.60. The van der Waals surface area contributed by atoms with Crippen LogP contribution in [0, 0.1) is 11.3 Å².